The number of carboxylic acid groups (broad SMARTS) is 1. The van der Waals surface area contributed by atoms with Gasteiger partial charge in [-0.1, -0.05) is 47.0 Å². The lowest BCUT2D eigenvalue weighted by Crippen LogP contribution is -2.34. The fourth-order valence-electron chi connectivity index (χ4n) is 2.73. The minimum absolute atomic E-state index is 0.0855. The highest BCUT2D eigenvalue weighted by Crippen LogP contribution is 2.27. The maximum atomic E-state index is 12.6. The minimum Gasteiger partial charge on any atom is -0.481 e. The second kappa shape index (κ2) is 9.55. The predicted molar refractivity (Wildman–Crippen MR) is 103 cm³/mol. The Bertz CT molecular complexity index is 818. The Balaban J connectivity index is 1.93. The van der Waals surface area contributed by atoms with Gasteiger partial charge < -0.3 is 5.11 Å². The fraction of sp³-hybridized carbons (Fsp3) is 0.389. The van der Waals surface area contributed by atoms with Crippen LogP contribution in [0.5, 0.6) is 0 Å². The molecule has 1 aliphatic rings. The summed E-state index contributed by atoms with van der Waals surface area (Å²) in [5.41, 5.74) is 1.02. The van der Waals surface area contributed by atoms with Gasteiger partial charge in [0.05, 0.1) is 14.9 Å². The number of carboxylic acids is 1. The van der Waals surface area contributed by atoms with Crippen LogP contribution in [0.15, 0.2) is 46.9 Å². The average molecular weight is 418 g/mol. The monoisotopic (exact) mass is 417 g/mol. The van der Waals surface area contributed by atoms with Gasteiger partial charge >= 0.3 is 5.97 Å². The lowest BCUT2D eigenvalue weighted by molar-refractivity contribution is -0.137. The summed E-state index contributed by atoms with van der Waals surface area (Å²) >= 11 is 11.8. The topological polar surface area (TPSA) is 83.5 Å². The zero-order valence-corrected chi connectivity index (χ0v) is 16.4. The van der Waals surface area contributed by atoms with Crippen LogP contribution in [0.25, 0.3) is 0 Å². The van der Waals surface area contributed by atoms with Crippen LogP contribution in [0.1, 0.15) is 38.5 Å². The molecule has 0 amide bonds. The van der Waals surface area contributed by atoms with E-state index in [1.54, 1.807) is 0 Å². The quantitative estimate of drug-likeness (QED) is 0.455. The lowest BCUT2D eigenvalue weighted by Gasteiger charge is -2.16. The Morgan fingerprint density at radius 3 is 2.73 bits per heavy atom. The Hall–Kier alpha value is -1.34. The van der Waals surface area contributed by atoms with Crippen molar-refractivity contribution in [3.8, 4) is 0 Å². The summed E-state index contributed by atoms with van der Waals surface area (Å²) < 4.78 is 27.9. The van der Waals surface area contributed by atoms with Gasteiger partial charge in [0.25, 0.3) is 0 Å². The van der Waals surface area contributed by atoms with E-state index in [9.17, 15) is 13.2 Å². The molecular formula is C18H21Cl2NO4S. The molecule has 1 aromatic carbocycles. The van der Waals surface area contributed by atoms with E-state index in [2.05, 4.69) is 4.72 Å². The molecule has 8 heteroatoms. The van der Waals surface area contributed by atoms with Crippen molar-refractivity contribution >= 4 is 39.2 Å². The van der Waals surface area contributed by atoms with Crippen molar-refractivity contribution in [1.82, 2.24) is 4.72 Å². The molecule has 0 aliphatic heterocycles. The highest BCUT2D eigenvalue weighted by molar-refractivity contribution is 7.89. The van der Waals surface area contributed by atoms with Crippen LogP contribution in [-0.2, 0) is 14.8 Å². The van der Waals surface area contributed by atoms with Gasteiger partial charge in [-0.2, -0.15) is 0 Å². The van der Waals surface area contributed by atoms with Crippen LogP contribution in [0.3, 0.4) is 0 Å². The molecule has 2 rings (SSSR count). The van der Waals surface area contributed by atoms with Gasteiger partial charge in [-0.3, -0.25) is 4.79 Å². The zero-order valence-electron chi connectivity index (χ0n) is 14.1. The average Bonchev–Trinajstić information content (AvgIpc) is 2.99. The van der Waals surface area contributed by atoms with Crippen molar-refractivity contribution in [2.24, 2.45) is 0 Å². The first kappa shape index (κ1) is 21.0. The van der Waals surface area contributed by atoms with Crippen molar-refractivity contribution in [1.29, 1.82) is 0 Å². The lowest BCUT2D eigenvalue weighted by atomic mass is 10.1. The molecule has 1 aromatic rings. The molecule has 0 radical (unpaired) electrons. The van der Waals surface area contributed by atoms with Gasteiger partial charge in [0, 0.05) is 12.5 Å². The van der Waals surface area contributed by atoms with Crippen molar-refractivity contribution < 1.29 is 18.3 Å². The second-order valence-electron chi connectivity index (χ2n) is 6.07. The van der Waals surface area contributed by atoms with E-state index in [0.29, 0.717) is 30.7 Å². The van der Waals surface area contributed by atoms with E-state index in [0.717, 1.165) is 12.0 Å². The largest absolute Gasteiger partial charge is 0.481 e. The smallest absolute Gasteiger partial charge is 0.303 e. The Labute approximate surface area is 163 Å². The third-order valence-electron chi connectivity index (χ3n) is 4.09. The fourth-order valence-corrected chi connectivity index (χ4v) is 4.39. The molecule has 0 unspecified atom stereocenters. The molecule has 142 valence electrons. The molecule has 0 spiro atoms. The first-order valence-corrected chi connectivity index (χ1v) is 10.6. The number of hydrogen-bond acceptors (Lipinski definition) is 3. The summed E-state index contributed by atoms with van der Waals surface area (Å²) in [6.07, 6.45) is 9.55. The molecule has 0 aromatic heterocycles. The number of allylic oxidation sites excluding steroid dienone is 3. The van der Waals surface area contributed by atoms with Gasteiger partial charge in [0.1, 0.15) is 0 Å². The zero-order chi connectivity index (χ0) is 19.2. The SMILES string of the molecule is O=C(O)CCC/C=C\CC1=CCC[C@@H]1NS(=O)(=O)c1ccc(Cl)c(Cl)c1. The molecule has 0 bridgehead atoms. The summed E-state index contributed by atoms with van der Waals surface area (Å²) in [5, 5.41) is 9.10. The van der Waals surface area contributed by atoms with Crippen LogP contribution >= 0.6 is 23.2 Å². The standard InChI is InChI=1S/C18H21Cl2NO4S/c19-15-11-10-14(12-16(15)20)26(24,25)21-17-8-5-7-13(17)6-3-1-2-4-9-18(22)23/h1,3,7,10-12,17,21H,2,4-6,8-9H2,(H,22,23)/b3-1-/t17-/m0/s1. The Kier molecular flexibility index (Phi) is 7.70. The molecule has 5 nitrogen and oxygen atoms in total. The molecular weight excluding hydrogens is 397 g/mol. The summed E-state index contributed by atoms with van der Waals surface area (Å²) in [4.78, 5) is 10.5. The van der Waals surface area contributed by atoms with Crippen LogP contribution in [0.2, 0.25) is 10.0 Å². The normalized spacial score (nSPS) is 17.6. The molecule has 0 heterocycles. The van der Waals surface area contributed by atoms with Crippen molar-refractivity contribution in [2.45, 2.75) is 49.5 Å². The first-order chi connectivity index (χ1) is 12.3. The van der Waals surface area contributed by atoms with Crippen LogP contribution in [-0.4, -0.2) is 25.5 Å². The van der Waals surface area contributed by atoms with Gasteiger partial charge in [0.2, 0.25) is 10.0 Å². The number of halogens is 2. The number of hydrogen-bond donors (Lipinski definition) is 2. The van der Waals surface area contributed by atoms with E-state index < -0.39 is 16.0 Å². The van der Waals surface area contributed by atoms with Crippen LogP contribution in [0, 0.1) is 0 Å². The third-order valence-corrected chi connectivity index (χ3v) is 6.30. The summed E-state index contributed by atoms with van der Waals surface area (Å²) in [6, 6.07) is 3.98. The second-order valence-corrected chi connectivity index (χ2v) is 8.60. The number of rotatable bonds is 9. The summed E-state index contributed by atoms with van der Waals surface area (Å²) in [7, 11) is -3.69. The molecule has 2 N–H and O–H groups in total. The first-order valence-electron chi connectivity index (χ1n) is 8.32. The van der Waals surface area contributed by atoms with Gasteiger partial charge in [0.15, 0.2) is 0 Å². The number of nitrogens with one attached hydrogen (secondary N) is 1. The van der Waals surface area contributed by atoms with Crippen molar-refractivity contribution in [2.75, 3.05) is 0 Å². The number of sulfonamides is 1. The Morgan fingerprint density at radius 1 is 1.27 bits per heavy atom. The molecule has 1 aliphatic carbocycles. The maximum absolute atomic E-state index is 12.6. The van der Waals surface area contributed by atoms with E-state index in [-0.39, 0.29) is 22.4 Å². The van der Waals surface area contributed by atoms with Gasteiger partial charge in [-0.25, -0.2) is 13.1 Å². The van der Waals surface area contributed by atoms with E-state index >= 15 is 0 Å². The van der Waals surface area contributed by atoms with E-state index in [1.165, 1.54) is 18.2 Å². The summed E-state index contributed by atoms with van der Waals surface area (Å²) in [5.74, 6) is -0.798. The molecule has 0 saturated heterocycles. The van der Waals surface area contributed by atoms with Crippen molar-refractivity contribution in [3.63, 3.8) is 0 Å². The van der Waals surface area contributed by atoms with E-state index in [1.807, 2.05) is 18.2 Å². The highest BCUT2D eigenvalue weighted by atomic mass is 35.5. The number of unbranched alkanes of at least 4 members (excludes halogenated alkanes) is 1. The van der Waals surface area contributed by atoms with Gasteiger partial charge in [-0.05, 0) is 50.3 Å². The third kappa shape index (κ3) is 6.13. The minimum atomic E-state index is -3.69. The van der Waals surface area contributed by atoms with Crippen LogP contribution in [0.4, 0.5) is 0 Å². The Morgan fingerprint density at radius 2 is 2.04 bits per heavy atom. The van der Waals surface area contributed by atoms with E-state index in [4.69, 9.17) is 28.3 Å². The summed E-state index contributed by atoms with van der Waals surface area (Å²) in [6.45, 7) is 0. The molecule has 0 saturated carbocycles. The molecule has 26 heavy (non-hydrogen) atoms. The molecule has 1 atom stereocenters. The highest BCUT2D eigenvalue weighted by Gasteiger charge is 2.25. The van der Waals surface area contributed by atoms with Crippen LogP contribution < -0.4 is 4.72 Å². The predicted octanol–water partition coefficient (Wildman–Crippen LogP) is 4.56. The number of benzene rings is 1. The number of aliphatic carboxylic acids is 1. The maximum Gasteiger partial charge on any atom is 0.303 e. The molecule has 0 fully saturated rings. The van der Waals surface area contributed by atoms with Crippen molar-refractivity contribution in [3.05, 3.63) is 52.0 Å². The van der Waals surface area contributed by atoms with Gasteiger partial charge in [-0.15, -0.1) is 0 Å². The number of carbonyl (C=O) groups is 1.